The largest absolute Gasteiger partial charge is 0.479 e. The molecule has 5 nitrogen and oxygen atoms in total. The number of carbonyl (C=O) groups excluding carboxylic acids is 2. The molecule has 3 aromatic rings. The first kappa shape index (κ1) is 20.7. The molecule has 0 aliphatic carbocycles. The van der Waals surface area contributed by atoms with Crippen molar-refractivity contribution in [3.63, 3.8) is 0 Å². The summed E-state index contributed by atoms with van der Waals surface area (Å²) in [4.78, 5) is 27.7. The predicted molar refractivity (Wildman–Crippen MR) is 123 cm³/mol. The quantitative estimate of drug-likeness (QED) is 0.619. The van der Waals surface area contributed by atoms with Crippen molar-refractivity contribution in [3.05, 3.63) is 90.0 Å². The van der Waals surface area contributed by atoms with E-state index in [1.165, 1.54) is 0 Å². The number of amides is 2. The molecule has 1 atom stereocenters. The Morgan fingerprint density at radius 2 is 1.61 bits per heavy atom. The van der Waals surface area contributed by atoms with Crippen LogP contribution in [-0.4, -0.2) is 24.5 Å². The first-order valence-corrected chi connectivity index (χ1v) is 10.6. The summed E-state index contributed by atoms with van der Waals surface area (Å²) in [6.45, 7) is 4.39. The second kappa shape index (κ2) is 9.04. The lowest BCUT2D eigenvalue weighted by molar-refractivity contribution is -0.125. The van der Waals surface area contributed by atoms with E-state index in [2.05, 4.69) is 5.32 Å². The number of carbonyl (C=O) groups is 2. The van der Waals surface area contributed by atoms with Gasteiger partial charge >= 0.3 is 0 Å². The molecule has 0 saturated carbocycles. The van der Waals surface area contributed by atoms with Crippen molar-refractivity contribution in [2.45, 2.75) is 32.3 Å². The van der Waals surface area contributed by atoms with E-state index in [0.29, 0.717) is 23.7 Å². The molecule has 1 aliphatic rings. The second-order valence-corrected chi connectivity index (χ2v) is 7.68. The van der Waals surface area contributed by atoms with Crippen LogP contribution in [0.25, 0.3) is 0 Å². The highest BCUT2D eigenvalue weighted by molar-refractivity contribution is 6.02. The molecule has 5 heteroatoms. The summed E-state index contributed by atoms with van der Waals surface area (Å²) >= 11 is 0. The molecule has 0 aromatic heterocycles. The molecule has 2 amide bonds. The van der Waals surface area contributed by atoms with Crippen LogP contribution in [0, 0.1) is 0 Å². The average Bonchev–Trinajstić information content (AvgIpc) is 2.79. The summed E-state index contributed by atoms with van der Waals surface area (Å²) in [7, 11) is 0. The molecule has 0 fully saturated rings. The van der Waals surface area contributed by atoms with Gasteiger partial charge in [-0.3, -0.25) is 9.59 Å². The molecule has 3 aromatic carbocycles. The van der Waals surface area contributed by atoms with Gasteiger partial charge in [-0.05, 0) is 42.7 Å². The van der Waals surface area contributed by atoms with E-state index in [1.807, 2.05) is 85.8 Å². The average molecular weight is 415 g/mol. The summed E-state index contributed by atoms with van der Waals surface area (Å²) in [5, 5.41) is 3.05. The van der Waals surface area contributed by atoms with Crippen molar-refractivity contribution in [1.29, 1.82) is 0 Å². The standard InChI is InChI=1S/C26H26N2O3/c1-3-16-28-22-17-21(14-15-23(22)31-18(2)26(28)30)27-25(29)24(19-10-6-4-7-11-19)20-12-8-5-9-13-20/h4-15,17-18,24H,3,16H2,1-2H3,(H,27,29). The van der Waals surface area contributed by atoms with E-state index in [-0.39, 0.29) is 11.8 Å². The van der Waals surface area contributed by atoms with Crippen LogP contribution in [0.4, 0.5) is 11.4 Å². The van der Waals surface area contributed by atoms with E-state index >= 15 is 0 Å². The highest BCUT2D eigenvalue weighted by Crippen LogP contribution is 2.37. The third-order valence-electron chi connectivity index (χ3n) is 5.41. The van der Waals surface area contributed by atoms with Crippen molar-refractivity contribution >= 4 is 23.2 Å². The van der Waals surface area contributed by atoms with Crippen molar-refractivity contribution in [2.75, 3.05) is 16.8 Å². The number of anilines is 2. The molecule has 1 aliphatic heterocycles. The maximum Gasteiger partial charge on any atom is 0.267 e. The minimum atomic E-state index is -0.514. The maximum absolute atomic E-state index is 13.4. The third-order valence-corrected chi connectivity index (χ3v) is 5.41. The van der Waals surface area contributed by atoms with Gasteiger partial charge in [0.2, 0.25) is 5.91 Å². The molecule has 1 unspecified atom stereocenters. The van der Waals surface area contributed by atoms with Crippen molar-refractivity contribution in [3.8, 4) is 5.75 Å². The molecule has 0 spiro atoms. The number of hydrogen-bond donors (Lipinski definition) is 1. The van der Waals surface area contributed by atoms with Gasteiger partial charge in [0.1, 0.15) is 5.75 Å². The summed E-state index contributed by atoms with van der Waals surface area (Å²) in [5.74, 6) is 0.0180. The van der Waals surface area contributed by atoms with Gasteiger partial charge in [0.05, 0.1) is 11.6 Å². The van der Waals surface area contributed by atoms with Gasteiger partial charge in [-0.2, -0.15) is 0 Å². The van der Waals surface area contributed by atoms with Crippen molar-refractivity contribution in [2.24, 2.45) is 0 Å². The Hall–Kier alpha value is -3.60. The van der Waals surface area contributed by atoms with Gasteiger partial charge in [0, 0.05) is 12.2 Å². The fraction of sp³-hybridized carbons (Fsp3) is 0.231. The van der Waals surface area contributed by atoms with Gasteiger partial charge < -0.3 is 15.0 Å². The van der Waals surface area contributed by atoms with Crippen LogP contribution in [0.2, 0.25) is 0 Å². The van der Waals surface area contributed by atoms with E-state index in [9.17, 15) is 9.59 Å². The molecule has 0 saturated heterocycles. The lowest BCUT2D eigenvalue weighted by atomic mass is 9.90. The van der Waals surface area contributed by atoms with Gasteiger partial charge in [0.15, 0.2) is 6.10 Å². The zero-order valence-corrected chi connectivity index (χ0v) is 17.7. The maximum atomic E-state index is 13.4. The topological polar surface area (TPSA) is 58.6 Å². The molecule has 0 radical (unpaired) electrons. The Balaban J connectivity index is 1.65. The van der Waals surface area contributed by atoms with E-state index < -0.39 is 12.0 Å². The normalized spacial score (nSPS) is 15.4. The third kappa shape index (κ3) is 4.31. The second-order valence-electron chi connectivity index (χ2n) is 7.68. The minimum Gasteiger partial charge on any atom is -0.479 e. The fourth-order valence-electron chi connectivity index (χ4n) is 3.94. The van der Waals surface area contributed by atoms with E-state index in [0.717, 1.165) is 17.5 Å². The first-order chi connectivity index (χ1) is 15.1. The number of rotatable bonds is 6. The Morgan fingerprint density at radius 3 is 2.19 bits per heavy atom. The van der Waals surface area contributed by atoms with Crippen LogP contribution in [-0.2, 0) is 9.59 Å². The van der Waals surface area contributed by atoms with Crippen LogP contribution >= 0.6 is 0 Å². The van der Waals surface area contributed by atoms with Gasteiger partial charge in [-0.25, -0.2) is 0 Å². The smallest absolute Gasteiger partial charge is 0.267 e. The molecular weight excluding hydrogens is 388 g/mol. The molecule has 158 valence electrons. The highest BCUT2D eigenvalue weighted by Gasteiger charge is 2.31. The van der Waals surface area contributed by atoms with Crippen LogP contribution in [0.3, 0.4) is 0 Å². The van der Waals surface area contributed by atoms with E-state index in [4.69, 9.17) is 4.74 Å². The SMILES string of the molecule is CCCN1C(=O)C(C)Oc2ccc(NC(=O)C(c3ccccc3)c3ccccc3)cc21. The Kier molecular flexibility index (Phi) is 6.03. The lowest BCUT2D eigenvalue weighted by Crippen LogP contribution is -2.44. The predicted octanol–water partition coefficient (Wildman–Crippen LogP) is 4.98. The van der Waals surface area contributed by atoms with Crippen LogP contribution in [0.1, 0.15) is 37.3 Å². The van der Waals surface area contributed by atoms with Crippen LogP contribution in [0.5, 0.6) is 5.75 Å². The summed E-state index contributed by atoms with van der Waals surface area (Å²) in [6.07, 6.45) is 0.318. The summed E-state index contributed by atoms with van der Waals surface area (Å²) in [6, 6.07) is 24.9. The first-order valence-electron chi connectivity index (χ1n) is 10.6. The number of fused-ring (bicyclic) bond motifs is 1. The Labute approximate surface area is 182 Å². The van der Waals surface area contributed by atoms with Crippen LogP contribution < -0.4 is 15.0 Å². The zero-order chi connectivity index (χ0) is 21.8. The lowest BCUT2D eigenvalue weighted by Gasteiger charge is -2.33. The monoisotopic (exact) mass is 414 g/mol. The fourth-order valence-corrected chi connectivity index (χ4v) is 3.94. The number of ether oxygens (including phenoxy) is 1. The molecule has 31 heavy (non-hydrogen) atoms. The highest BCUT2D eigenvalue weighted by atomic mass is 16.5. The zero-order valence-electron chi connectivity index (χ0n) is 17.7. The molecule has 4 rings (SSSR count). The number of hydrogen-bond acceptors (Lipinski definition) is 3. The number of benzene rings is 3. The Bertz CT molecular complexity index is 1030. The van der Waals surface area contributed by atoms with E-state index in [1.54, 1.807) is 11.8 Å². The van der Waals surface area contributed by atoms with Crippen molar-refractivity contribution < 1.29 is 14.3 Å². The number of nitrogens with one attached hydrogen (secondary N) is 1. The molecule has 0 bridgehead atoms. The van der Waals surface area contributed by atoms with Gasteiger partial charge in [-0.15, -0.1) is 0 Å². The van der Waals surface area contributed by atoms with Crippen molar-refractivity contribution in [1.82, 2.24) is 0 Å². The number of nitrogens with zero attached hydrogens (tertiary/aromatic N) is 1. The Morgan fingerprint density at radius 1 is 1.00 bits per heavy atom. The summed E-state index contributed by atoms with van der Waals surface area (Å²) < 4.78 is 5.76. The minimum absolute atomic E-state index is 0.0655. The molecular formula is C26H26N2O3. The van der Waals surface area contributed by atoms with Gasteiger partial charge in [-0.1, -0.05) is 67.6 Å². The summed E-state index contributed by atoms with van der Waals surface area (Å²) in [5.41, 5.74) is 3.17. The molecule has 1 heterocycles. The van der Waals surface area contributed by atoms with Crippen LogP contribution in [0.15, 0.2) is 78.9 Å². The van der Waals surface area contributed by atoms with Gasteiger partial charge in [0.25, 0.3) is 5.91 Å². The molecule has 1 N–H and O–H groups in total.